The molecular formula is C19H24FNO3. The molecule has 0 unspecified atom stereocenters. The second kappa shape index (κ2) is 5.87. The van der Waals surface area contributed by atoms with Crippen LogP contribution >= 0.6 is 0 Å². The van der Waals surface area contributed by atoms with Crippen LogP contribution in [-0.4, -0.2) is 36.0 Å². The zero-order valence-corrected chi connectivity index (χ0v) is 14.5. The Hall–Kier alpha value is -1.91. The number of nitrogens with zero attached hydrogens (tertiary/aromatic N) is 1. The van der Waals surface area contributed by atoms with E-state index in [1.54, 1.807) is 0 Å². The van der Waals surface area contributed by atoms with E-state index in [1.165, 1.54) is 24.3 Å². The van der Waals surface area contributed by atoms with E-state index in [1.807, 2.05) is 4.90 Å². The van der Waals surface area contributed by atoms with Crippen molar-refractivity contribution < 1.29 is 18.7 Å². The van der Waals surface area contributed by atoms with Gasteiger partial charge in [-0.15, -0.1) is 0 Å². The summed E-state index contributed by atoms with van der Waals surface area (Å²) < 4.78 is 18.0. The molecule has 2 atom stereocenters. The summed E-state index contributed by atoms with van der Waals surface area (Å²) in [7, 11) is 0. The summed E-state index contributed by atoms with van der Waals surface area (Å²) in [6.07, 6.45) is 3.12. The van der Waals surface area contributed by atoms with Gasteiger partial charge in [-0.2, -0.15) is 0 Å². The summed E-state index contributed by atoms with van der Waals surface area (Å²) >= 11 is 0. The smallest absolute Gasteiger partial charge is 0.338 e. The number of rotatable bonds is 3. The number of carbonyl (C=O) groups is 2. The molecule has 2 bridgehead atoms. The number of hydrogen-bond donors (Lipinski definition) is 0. The number of halogens is 1. The highest BCUT2D eigenvalue weighted by Crippen LogP contribution is 2.52. The van der Waals surface area contributed by atoms with E-state index in [-0.39, 0.29) is 34.9 Å². The maximum absolute atomic E-state index is 12.9. The largest absolute Gasteiger partial charge is 0.452 e. The SMILES string of the molecule is CC1(C)C[C@H]2C[C@](C)(CN2C(=O)COC(=O)c2ccc(F)cc2)C1. The van der Waals surface area contributed by atoms with Gasteiger partial charge in [-0.25, -0.2) is 9.18 Å². The van der Waals surface area contributed by atoms with Crippen LogP contribution in [-0.2, 0) is 9.53 Å². The lowest BCUT2D eigenvalue weighted by Crippen LogP contribution is -2.39. The Morgan fingerprint density at radius 1 is 1.21 bits per heavy atom. The van der Waals surface area contributed by atoms with Crippen molar-refractivity contribution in [2.24, 2.45) is 10.8 Å². The number of esters is 1. The van der Waals surface area contributed by atoms with Gasteiger partial charge in [0.1, 0.15) is 5.82 Å². The zero-order chi connectivity index (χ0) is 17.5. The molecule has 0 spiro atoms. The zero-order valence-electron chi connectivity index (χ0n) is 14.5. The molecule has 0 aromatic heterocycles. The second-order valence-corrected chi connectivity index (χ2v) is 8.32. The molecule has 1 aromatic rings. The Labute approximate surface area is 142 Å². The van der Waals surface area contributed by atoms with Gasteiger partial charge in [0.25, 0.3) is 5.91 Å². The molecule has 130 valence electrons. The Balaban J connectivity index is 1.60. The molecule has 1 amide bonds. The molecule has 3 rings (SSSR count). The van der Waals surface area contributed by atoms with E-state index in [0.29, 0.717) is 0 Å². The van der Waals surface area contributed by atoms with Gasteiger partial charge in [0, 0.05) is 12.6 Å². The highest BCUT2D eigenvalue weighted by atomic mass is 19.1. The fraction of sp³-hybridized carbons (Fsp3) is 0.579. The van der Waals surface area contributed by atoms with Gasteiger partial charge in [0.2, 0.25) is 0 Å². The molecule has 2 aliphatic rings. The van der Waals surface area contributed by atoms with Crippen molar-refractivity contribution in [3.63, 3.8) is 0 Å². The van der Waals surface area contributed by atoms with Gasteiger partial charge >= 0.3 is 5.97 Å². The third kappa shape index (κ3) is 3.45. The van der Waals surface area contributed by atoms with Crippen molar-refractivity contribution in [1.29, 1.82) is 0 Å². The molecular weight excluding hydrogens is 309 g/mol. The third-order valence-corrected chi connectivity index (χ3v) is 5.14. The van der Waals surface area contributed by atoms with E-state index >= 15 is 0 Å². The molecule has 2 fully saturated rings. The van der Waals surface area contributed by atoms with Crippen molar-refractivity contribution in [2.75, 3.05) is 13.2 Å². The maximum Gasteiger partial charge on any atom is 0.338 e. The number of ether oxygens (including phenoxy) is 1. The Morgan fingerprint density at radius 2 is 1.88 bits per heavy atom. The van der Waals surface area contributed by atoms with Gasteiger partial charge < -0.3 is 9.64 Å². The van der Waals surface area contributed by atoms with Gasteiger partial charge in [-0.05, 0) is 54.4 Å². The number of benzene rings is 1. The summed E-state index contributed by atoms with van der Waals surface area (Å²) in [6, 6.07) is 5.34. The lowest BCUT2D eigenvalue weighted by atomic mass is 9.65. The molecule has 1 saturated heterocycles. The van der Waals surface area contributed by atoms with Crippen molar-refractivity contribution in [3.8, 4) is 0 Å². The number of hydrogen-bond acceptors (Lipinski definition) is 3. The van der Waals surface area contributed by atoms with E-state index in [2.05, 4.69) is 20.8 Å². The van der Waals surface area contributed by atoms with Crippen LogP contribution in [0.15, 0.2) is 24.3 Å². The van der Waals surface area contributed by atoms with Crippen LogP contribution in [0.3, 0.4) is 0 Å². The second-order valence-electron chi connectivity index (χ2n) is 8.32. The Morgan fingerprint density at radius 3 is 2.54 bits per heavy atom. The molecule has 0 N–H and O–H groups in total. The molecule has 1 saturated carbocycles. The minimum Gasteiger partial charge on any atom is -0.452 e. The van der Waals surface area contributed by atoms with E-state index in [4.69, 9.17) is 4.74 Å². The van der Waals surface area contributed by atoms with Crippen LogP contribution in [0.5, 0.6) is 0 Å². The Kier molecular flexibility index (Phi) is 4.14. The summed E-state index contributed by atoms with van der Waals surface area (Å²) in [6.45, 7) is 7.20. The predicted molar refractivity (Wildman–Crippen MR) is 87.9 cm³/mol. The van der Waals surface area contributed by atoms with Crippen molar-refractivity contribution in [3.05, 3.63) is 35.6 Å². The highest BCUT2D eigenvalue weighted by molar-refractivity contribution is 5.91. The third-order valence-electron chi connectivity index (χ3n) is 5.14. The van der Waals surface area contributed by atoms with Crippen molar-refractivity contribution >= 4 is 11.9 Å². The topological polar surface area (TPSA) is 46.6 Å². The van der Waals surface area contributed by atoms with Crippen LogP contribution < -0.4 is 0 Å². The van der Waals surface area contributed by atoms with Crippen LogP contribution in [0.1, 0.15) is 50.4 Å². The monoisotopic (exact) mass is 333 g/mol. The van der Waals surface area contributed by atoms with Crippen LogP contribution in [0.4, 0.5) is 4.39 Å². The van der Waals surface area contributed by atoms with Crippen LogP contribution in [0.25, 0.3) is 0 Å². The van der Waals surface area contributed by atoms with Gasteiger partial charge in [0.05, 0.1) is 5.56 Å². The van der Waals surface area contributed by atoms with Crippen LogP contribution in [0.2, 0.25) is 0 Å². The van der Waals surface area contributed by atoms with Gasteiger partial charge in [0.15, 0.2) is 6.61 Å². The first-order valence-electron chi connectivity index (χ1n) is 8.40. The molecule has 5 heteroatoms. The molecule has 4 nitrogen and oxygen atoms in total. The highest BCUT2D eigenvalue weighted by Gasteiger charge is 2.50. The summed E-state index contributed by atoms with van der Waals surface area (Å²) in [5.74, 6) is -1.16. The predicted octanol–water partition coefficient (Wildman–Crippen LogP) is 3.41. The molecule has 1 heterocycles. The van der Waals surface area contributed by atoms with Gasteiger partial charge in [-0.1, -0.05) is 20.8 Å². The first kappa shape index (κ1) is 16.9. The molecule has 0 radical (unpaired) electrons. The fourth-order valence-corrected chi connectivity index (χ4v) is 4.63. The molecule has 1 aliphatic carbocycles. The number of carbonyl (C=O) groups excluding carboxylic acids is 2. The number of amides is 1. The molecule has 1 aliphatic heterocycles. The van der Waals surface area contributed by atoms with Crippen LogP contribution in [0, 0.1) is 16.6 Å². The van der Waals surface area contributed by atoms with E-state index < -0.39 is 11.8 Å². The first-order valence-corrected chi connectivity index (χ1v) is 8.40. The molecule has 24 heavy (non-hydrogen) atoms. The van der Waals surface area contributed by atoms with E-state index in [0.717, 1.165) is 25.8 Å². The maximum atomic E-state index is 12.9. The minimum atomic E-state index is -0.600. The first-order chi connectivity index (χ1) is 11.2. The minimum absolute atomic E-state index is 0.142. The Bertz CT molecular complexity index is 655. The summed E-state index contributed by atoms with van der Waals surface area (Å²) in [4.78, 5) is 26.4. The van der Waals surface area contributed by atoms with E-state index in [9.17, 15) is 14.0 Å². The molecule has 1 aromatic carbocycles. The fourth-order valence-electron chi connectivity index (χ4n) is 4.63. The lowest BCUT2D eigenvalue weighted by Gasteiger charge is -2.39. The number of likely N-dealkylation sites (tertiary alicyclic amines) is 1. The lowest BCUT2D eigenvalue weighted by molar-refractivity contribution is -0.135. The standard InChI is InChI=1S/C19H24FNO3/c1-18(2)8-15-9-19(3,11-18)12-21(15)16(22)10-24-17(23)13-4-6-14(20)7-5-13/h4-7,15H,8-12H2,1-3H3/t15-,19-/m0/s1. The van der Waals surface area contributed by atoms with Gasteiger partial charge in [-0.3, -0.25) is 4.79 Å². The average Bonchev–Trinajstić information content (AvgIpc) is 2.74. The quantitative estimate of drug-likeness (QED) is 0.797. The normalized spacial score (nSPS) is 27.8. The summed E-state index contributed by atoms with van der Waals surface area (Å²) in [5.41, 5.74) is 0.637. The average molecular weight is 333 g/mol. The summed E-state index contributed by atoms with van der Waals surface area (Å²) in [5, 5.41) is 0. The van der Waals surface area contributed by atoms with Crippen molar-refractivity contribution in [1.82, 2.24) is 4.90 Å². The van der Waals surface area contributed by atoms with Crippen molar-refractivity contribution in [2.45, 2.75) is 46.1 Å². The number of fused-ring (bicyclic) bond motifs is 2.